The summed E-state index contributed by atoms with van der Waals surface area (Å²) in [5.74, 6) is 0.469. The summed E-state index contributed by atoms with van der Waals surface area (Å²) in [4.78, 5) is 17.0. The van der Waals surface area contributed by atoms with E-state index in [1.165, 1.54) is 19.3 Å². The standard InChI is InChI=1S/C23H33NO3S/c1-16-9-7-5-4-6-8-10-20-22(26-20)14-21(27-23(25)12-11-16)17(2)13-19-15-28-18(3)24-19/h6,8,13,15-16,20-22H,4-5,7,9-12,14H2,1-3H3/b8-6-,17-13+/t16-,20?,21?,22?/m0/s1. The molecule has 3 rings (SSSR count). The minimum Gasteiger partial charge on any atom is -0.458 e. The number of nitrogens with zero attached hydrogens (tertiary/aromatic N) is 1. The van der Waals surface area contributed by atoms with Gasteiger partial charge in [-0.1, -0.05) is 31.9 Å². The quantitative estimate of drug-likeness (QED) is 0.352. The molecule has 4 atom stereocenters. The van der Waals surface area contributed by atoms with Gasteiger partial charge in [0.25, 0.3) is 0 Å². The average molecular weight is 404 g/mol. The lowest BCUT2D eigenvalue weighted by Gasteiger charge is -2.19. The summed E-state index contributed by atoms with van der Waals surface area (Å²) < 4.78 is 11.8. The van der Waals surface area contributed by atoms with E-state index in [9.17, 15) is 4.79 Å². The number of hydrogen-bond acceptors (Lipinski definition) is 5. The van der Waals surface area contributed by atoms with Crippen LogP contribution in [-0.4, -0.2) is 29.3 Å². The lowest BCUT2D eigenvalue weighted by Crippen LogP contribution is -2.22. The highest BCUT2D eigenvalue weighted by Crippen LogP contribution is 2.33. The first-order chi connectivity index (χ1) is 13.5. The van der Waals surface area contributed by atoms with Crippen LogP contribution in [0, 0.1) is 12.8 Å². The first-order valence-electron chi connectivity index (χ1n) is 10.6. The van der Waals surface area contributed by atoms with Crippen LogP contribution in [0.25, 0.3) is 6.08 Å². The number of esters is 1. The summed E-state index contributed by atoms with van der Waals surface area (Å²) in [6.07, 6.45) is 14.6. The number of allylic oxidation sites excluding steroid dienone is 1. The Morgan fingerprint density at radius 2 is 2.11 bits per heavy atom. The molecule has 1 fully saturated rings. The predicted molar refractivity (Wildman–Crippen MR) is 114 cm³/mol. The van der Waals surface area contributed by atoms with E-state index in [0.29, 0.717) is 12.3 Å². The highest BCUT2D eigenvalue weighted by Gasteiger charge is 2.40. The molecule has 2 aliphatic heterocycles. The number of fused-ring (bicyclic) bond motifs is 1. The van der Waals surface area contributed by atoms with Crippen LogP contribution >= 0.6 is 11.3 Å². The second-order valence-electron chi connectivity index (χ2n) is 8.24. The number of aryl methyl sites for hydroxylation is 1. The summed E-state index contributed by atoms with van der Waals surface area (Å²) in [6.45, 7) is 6.27. The summed E-state index contributed by atoms with van der Waals surface area (Å²) in [5, 5.41) is 3.08. The SMILES string of the molecule is C/C(=C\c1csc(C)n1)C1CC2OC2C/C=C\CCCC[C@H](C)CCC(=O)O1. The van der Waals surface area contributed by atoms with Crippen molar-refractivity contribution in [3.8, 4) is 0 Å². The zero-order chi connectivity index (χ0) is 19.9. The molecule has 3 unspecified atom stereocenters. The number of hydrogen-bond donors (Lipinski definition) is 0. The van der Waals surface area contributed by atoms with Crippen LogP contribution in [0.1, 0.15) is 75.9 Å². The van der Waals surface area contributed by atoms with E-state index >= 15 is 0 Å². The minimum absolute atomic E-state index is 0.0942. The molecule has 5 heteroatoms. The maximum Gasteiger partial charge on any atom is 0.306 e. The Bertz CT molecular complexity index is 708. The number of cyclic esters (lactones) is 1. The van der Waals surface area contributed by atoms with Crippen LogP contribution in [0.3, 0.4) is 0 Å². The van der Waals surface area contributed by atoms with Gasteiger partial charge in [-0.2, -0.15) is 0 Å². The van der Waals surface area contributed by atoms with Crippen LogP contribution in [0.4, 0.5) is 0 Å². The molecule has 154 valence electrons. The van der Waals surface area contributed by atoms with Crippen LogP contribution < -0.4 is 0 Å². The molecule has 3 heterocycles. The summed E-state index contributed by atoms with van der Waals surface area (Å²) in [5.41, 5.74) is 1.98. The number of rotatable bonds is 2. The van der Waals surface area contributed by atoms with Gasteiger partial charge >= 0.3 is 5.97 Å². The van der Waals surface area contributed by atoms with Gasteiger partial charge in [0.2, 0.25) is 0 Å². The molecule has 0 bridgehead atoms. The first kappa shape index (κ1) is 21.3. The molecule has 1 aromatic rings. The number of carbonyl (C=O) groups is 1. The highest BCUT2D eigenvalue weighted by molar-refractivity contribution is 7.09. The van der Waals surface area contributed by atoms with E-state index in [1.807, 2.05) is 25.3 Å². The topological polar surface area (TPSA) is 51.7 Å². The number of carbonyl (C=O) groups excluding carboxylic acids is 1. The number of ether oxygens (including phenoxy) is 2. The molecule has 0 radical (unpaired) electrons. The molecular weight excluding hydrogens is 370 g/mol. The largest absolute Gasteiger partial charge is 0.458 e. The molecule has 28 heavy (non-hydrogen) atoms. The number of epoxide rings is 1. The van der Waals surface area contributed by atoms with Crippen molar-refractivity contribution in [2.45, 2.75) is 90.4 Å². The highest BCUT2D eigenvalue weighted by atomic mass is 32.1. The second kappa shape index (κ2) is 10.4. The summed E-state index contributed by atoms with van der Waals surface area (Å²) in [6, 6.07) is 0. The lowest BCUT2D eigenvalue weighted by atomic mass is 9.97. The molecule has 0 aromatic carbocycles. The van der Waals surface area contributed by atoms with Crippen LogP contribution in [0.5, 0.6) is 0 Å². The van der Waals surface area contributed by atoms with Gasteiger partial charge in [0, 0.05) is 18.2 Å². The smallest absolute Gasteiger partial charge is 0.306 e. The van der Waals surface area contributed by atoms with Crippen molar-refractivity contribution >= 4 is 23.4 Å². The second-order valence-corrected chi connectivity index (χ2v) is 9.30. The van der Waals surface area contributed by atoms with Gasteiger partial charge < -0.3 is 9.47 Å². The minimum atomic E-state index is -0.239. The van der Waals surface area contributed by atoms with Crippen molar-refractivity contribution in [2.75, 3.05) is 0 Å². The van der Waals surface area contributed by atoms with Gasteiger partial charge in [0.15, 0.2) is 0 Å². The van der Waals surface area contributed by atoms with E-state index < -0.39 is 0 Å². The number of aromatic nitrogens is 1. The maximum atomic E-state index is 12.5. The molecular formula is C23H33NO3S. The Labute approximate surface area is 173 Å². The third-order valence-corrected chi connectivity index (χ3v) is 6.41. The molecule has 1 saturated heterocycles. The monoisotopic (exact) mass is 403 g/mol. The van der Waals surface area contributed by atoms with E-state index in [2.05, 4.69) is 24.1 Å². The molecule has 2 aliphatic rings. The van der Waals surface area contributed by atoms with Crippen molar-refractivity contribution in [1.82, 2.24) is 4.98 Å². The molecule has 1 aromatic heterocycles. The van der Waals surface area contributed by atoms with Gasteiger partial charge in [-0.25, -0.2) is 4.98 Å². The van der Waals surface area contributed by atoms with E-state index in [0.717, 1.165) is 42.0 Å². The van der Waals surface area contributed by atoms with Crippen LogP contribution in [-0.2, 0) is 14.3 Å². The molecule has 0 amide bonds. The Hall–Kier alpha value is -1.46. The fourth-order valence-electron chi connectivity index (χ4n) is 3.73. The number of thiazole rings is 1. The molecule has 4 nitrogen and oxygen atoms in total. The van der Waals surface area contributed by atoms with E-state index in [-0.39, 0.29) is 24.3 Å². The zero-order valence-electron chi connectivity index (χ0n) is 17.4. The van der Waals surface area contributed by atoms with Gasteiger partial charge in [-0.15, -0.1) is 11.3 Å². The molecule has 0 aliphatic carbocycles. The van der Waals surface area contributed by atoms with Crippen LogP contribution in [0.2, 0.25) is 0 Å². The predicted octanol–water partition coefficient (Wildman–Crippen LogP) is 5.86. The van der Waals surface area contributed by atoms with Gasteiger partial charge in [-0.3, -0.25) is 4.79 Å². The third-order valence-electron chi connectivity index (χ3n) is 5.62. The first-order valence-corrected chi connectivity index (χ1v) is 11.5. The van der Waals surface area contributed by atoms with Crippen molar-refractivity contribution in [3.05, 3.63) is 33.8 Å². The zero-order valence-corrected chi connectivity index (χ0v) is 18.2. The summed E-state index contributed by atoms with van der Waals surface area (Å²) in [7, 11) is 0. The van der Waals surface area contributed by atoms with Gasteiger partial charge in [0.1, 0.15) is 6.10 Å². The van der Waals surface area contributed by atoms with Crippen molar-refractivity contribution in [1.29, 1.82) is 0 Å². The maximum absolute atomic E-state index is 12.5. The molecule has 0 spiro atoms. The average Bonchev–Trinajstić information content (AvgIpc) is 3.27. The summed E-state index contributed by atoms with van der Waals surface area (Å²) >= 11 is 1.63. The van der Waals surface area contributed by atoms with Gasteiger partial charge in [-0.05, 0) is 57.1 Å². The normalized spacial score (nSPS) is 31.7. The van der Waals surface area contributed by atoms with Crippen molar-refractivity contribution < 1.29 is 14.3 Å². The van der Waals surface area contributed by atoms with E-state index in [4.69, 9.17) is 9.47 Å². The molecule has 0 saturated carbocycles. The molecule has 0 N–H and O–H groups in total. The third kappa shape index (κ3) is 6.85. The van der Waals surface area contributed by atoms with Crippen LogP contribution in [0.15, 0.2) is 23.1 Å². The Kier molecular flexibility index (Phi) is 7.86. The lowest BCUT2D eigenvalue weighted by molar-refractivity contribution is -0.148. The fraction of sp³-hybridized carbons (Fsp3) is 0.652. The Morgan fingerprint density at radius 1 is 1.25 bits per heavy atom. The Balaban J connectivity index is 1.68. The van der Waals surface area contributed by atoms with Gasteiger partial charge in [0.05, 0.1) is 22.9 Å². The van der Waals surface area contributed by atoms with Crippen molar-refractivity contribution in [2.24, 2.45) is 5.92 Å². The van der Waals surface area contributed by atoms with E-state index in [1.54, 1.807) is 11.3 Å². The fourth-order valence-corrected chi connectivity index (χ4v) is 4.30. The Morgan fingerprint density at radius 3 is 2.89 bits per heavy atom. The van der Waals surface area contributed by atoms with Crippen molar-refractivity contribution in [3.63, 3.8) is 0 Å².